The molecule has 180 valence electrons. The average Bonchev–Trinajstić information content (AvgIpc) is 2.97. The first-order valence-electron chi connectivity index (χ1n) is 13.2. The maximum atomic E-state index is 2.39. The Labute approximate surface area is 222 Å². The summed E-state index contributed by atoms with van der Waals surface area (Å²) in [5.74, 6) is 0. The molecule has 0 atom stereocenters. The summed E-state index contributed by atoms with van der Waals surface area (Å²) in [5.41, 5.74) is 12.6. The van der Waals surface area contributed by atoms with Gasteiger partial charge in [-0.25, -0.2) is 0 Å². The predicted octanol–water partition coefficient (Wildman–Crippen LogP) is 9.16. The Morgan fingerprint density at radius 1 is 0.342 bits per heavy atom. The van der Waals surface area contributed by atoms with Gasteiger partial charge in [0.05, 0.1) is 0 Å². The highest BCUT2D eigenvalue weighted by molar-refractivity contribution is 6.18. The van der Waals surface area contributed by atoms with Crippen LogP contribution in [0, 0.1) is 0 Å². The Kier molecular flexibility index (Phi) is 4.39. The third kappa shape index (κ3) is 2.89. The van der Waals surface area contributed by atoms with Crippen molar-refractivity contribution in [2.45, 2.75) is 0 Å². The van der Waals surface area contributed by atoms with E-state index in [1.807, 2.05) is 0 Å². The molecular weight excluding hydrogens is 460 g/mol. The van der Waals surface area contributed by atoms with E-state index in [9.17, 15) is 0 Å². The summed E-state index contributed by atoms with van der Waals surface area (Å²) in [5, 5.41) is 5.04. The molecule has 0 unspecified atom stereocenters. The third-order valence-electron chi connectivity index (χ3n) is 8.31. The zero-order valence-corrected chi connectivity index (χ0v) is 21.4. The van der Waals surface area contributed by atoms with Crippen LogP contribution in [0.5, 0.6) is 0 Å². The van der Waals surface area contributed by atoms with Gasteiger partial charge in [-0.05, 0) is 57.9 Å². The molecule has 0 aromatic heterocycles. The normalized spacial score (nSPS) is 15.7. The Bertz CT molecular complexity index is 1820. The molecule has 0 saturated heterocycles. The van der Waals surface area contributed by atoms with Crippen LogP contribution in [0.4, 0.5) is 22.7 Å². The van der Waals surface area contributed by atoms with Crippen LogP contribution < -0.4 is 9.80 Å². The highest BCUT2D eigenvalue weighted by Gasteiger charge is 2.32. The summed E-state index contributed by atoms with van der Waals surface area (Å²) in [7, 11) is 4.38. The van der Waals surface area contributed by atoms with E-state index in [1.54, 1.807) is 0 Å². The number of para-hydroxylation sites is 2. The summed E-state index contributed by atoms with van der Waals surface area (Å²) in [4.78, 5) is 4.70. The number of hydrogen-bond donors (Lipinski definition) is 0. The Morgan fingerprint density at radius 3 is 1.11 bits per heavy atom. The third-order valence-corrected chi connectivity index (χ3v) is 8.31. The summed E-state index contributed by atoms with van der Waals surface area (Å²) in [6, 6.07) is 44.6. The van der Waals surface area contributed by atoms with Gasteiger partial charge >= 0.3 is 0 Å². The van der Waals surface area contributed by atoms with E-state index in [-0.39, 0.29) is 0 Å². The van der Waals surface area contributed by atoms with Crippen molar-refractivity contribution < 1.29 is 0 Å². The van der Waals surface area contributed by atoms with Crippen molar-refractivity contribution in [1.29, 1.82) is 0 Å². The molecule has 2 aliphatic heterocycles. The van der Waals surface area contributed by atoms with Crippen LogP contribution in [-0.2, 0) is 0 Å². The molecule has 0 spiro atoms. The lowest BCUT2D eigenvalue weighted by atomic mass is 9.79. The smallest absolute Gasteiger partial charge is 0.0494 e. The molecular formula is C36H26N2. The summed E-state index contributed by atoms with van der Waals surface area (Å²) < 4.78 is 0. The molecule has 0 amide bonds. The van der Waals surface area contributed by atoms with E-state index in [0.717, 1.165) is 0 Å². The SMILES string of the molecule is CN1c2ccccc2/C(=C2\c3ccccc3N(C)c3cc4ccccc4cc32)c2cc3ccccc3cc21. The molecule has 2 heteroatoms. The lowest BCUT2D eigenvalue weighted by Crippen LogP contribution is -2.22. The molecule has 2 aliphatic rings. The largest absolute Gasteiger partial charge is 0.344 e. The highest BCUT2D eigenvalue weighted by atomic mass is 15.1. The van der Waals surface area contributed by atoms with E-state index >= 15 is 0 Å². The summed E-state index contributed by atoms with van der Waals surface area (Å²) >= 11 is 0. The minimum Gasteiger partial charge on any atom is -0.344 e. The van der Waals surface area contributed by atoms with Crippen LogP contribution in [0.3, 0.4) is 0 Å². The molecule has 8 rings (SSSR count). The van der Waals surface area contributed by atoms with Gasteiger partial charge in [-0.15, -0.1) is 0 Å². The van der Waals surface area contributed by atoms with Crippen LogP contribution in [0.15, 0.2) is 121 Å². The van der Waals surface area contributed by atoms with Gasteiger partial charge in [-0.1, -0.05) is 84.9 Å². The number of fused-ring (bicyclic) bond motifs is 6. The second-order valence-corrected chi connectivity index (χ2v) is 10.3. The van der Waals surface area contributed by atoms with Gasteiger partial charge < -0.3 is 9.80 Å². The van der Waals surface area contributed by atoms with Gasteiger partial charge in [0.25, 0.3) is 0 Å². The van der Waals surface area contributed by atoms with Crippen LogP contribution >= 0.6 is 0 Å². The van der Waals surface area contributed by atoms with Crippen molar-refractivity contribution in [2.75, 3.05) is 23.9 Å². The quantitative estimate of drug-likeness (QED) is 0.211. The lowest BCUT2D eigenvalue weighted by Gasteiger charge is -2.37. The molecule has 6 aromatic carbocycles. The molecule has 38 heavy (non-hydrogen) atoms. The highest BCUT2D eigenvalue weighted by Crippen LogP contribution is 2.54. The van der Waals surface area contributed by atoms with Gasteiger partial charge in [-0.2, -0.15) is 0 Å². The fourth-order valence-corrected chi connectivity index (χ4v) is 6.46. The van der Waals surface area contributed by atoms with Crippen LogP contribution in [-0.4, -0.2) is 14.1 Å². The standard InChI is InChI=1S/C36H26N2/c1-37-31-17-9-7-15-27(31)35(29-19-23-11-3-5-13-25(23)21-33(29)37)36-28-16-8-10-18-32(28)38(2)34-22-26-14-6-4-12-24(26)20-30(34)36/h3-22H,1-2H3/b36-35-. The Morgan fingerprint density at radius 2 is 0.684 bits per heavy atom. The first-order chi connectivity index (χ1) is 18.7. The minimum absolute atomic E-state index is 1.23. The molecule has 0 fully saturated rings. The van der Waals surface area contributed by atoms with Crippen molar-refractivity contribution in [3.63, 3.8) is 0 Å². The number of benzene rings is 6. The molecule has 0 N–H and O–H groups in total. The molecule has 6 aromatic rings. The van der Waals surface area contributed by atoms with Crippen LogP contribution in [0.1, 0.15) is 22.3 Å². The Hall–Kier alpha value is -4.82. The minimum atomic E-state index is 1.23. The van der Waals surface area contributed by atoms with E-state index in [0.29, 0.717) is 0 Å². The molecule has 2 heterocycles. The summed E-state index contributed by atoms with van der Waals surface area (Å²) in [6.45, 7) is 0. The van der Waals surface area contributed by atoms with Crippen LogP contribution in [0.2, 0.25) is 0 Å². The van der Waals surface area contributed by atoms with E-state index in [2.05, 4.69) is 145 Å². The van der Waals surface area contributed by atoms with Crippen molar-refractivity contribution in [2.24, 2.45) is 0 Å². The first-order valence-corrected chi connectivity index (χ1v) is 13.2. The van der Waals surface area contributed by atoms with E-state index < -0.39 is 0 Å². The number of nitrogens with zero attached hydrogens (tertiary/aromatic N) is 2. The summed E-state index contributed by atoms with van der Waals surface area (Å²) in [6.07, 6.45) is 0. The van der Waals surface area contributed by atoms with Gasteiger partial charge in [0.2, 0.25) is 0 Å². The van der Waals surface area contributed by atoms with Gasteiger partial charge in [0, 0.05) is 70.2 Å². The molecule has 0 radical (unpaired) electrons. The number of hydrogen-bond acceptors (Lipinski definition) is 2. The zero-order chi connectivity index (χ0) is 25.4. The molecule has 0 saturated carbocycles. The van der Waals surface area contributed by atoms with Crippen molar-refractivity contribution in [3.05, 3.63) is 144 Å². The van der Waals surface area contributed by atoms with Crippen molar-refractivity contribution in [1.82, 2.24) is 0 Å². The van der Waals surface area contributed by atoms with Crippen molar-refractivity contribution >= 4 is 55.4 Å². The lowest BCUT2D eigenvalue weighted by molar-refractivity contribution is 1.16. The van der Waals surface area contributed by atoms with E-state index in [4.69, 9.17) is 0 Å². The van der Waals surface area contributed by atoms with E-state index in [1.165, 1.54) is 77.7 Å². The maximum Gasteiger partial charge on any atom is 0.0494 e. The average molecular weight is 487 g/mol. The fraction of sp³-hybridized carbons (Fsp3) is 0.0556. The van der Waals surface area contributed by atoms with Gasteiger partial charge in [0.15, 0.2) is 0 Å². The molecule has 0 aliphatic carbocycles. The fourth-order valence-electron chi connectivity index (χ4n) is 6.46. The molecule has 0 bridgehead atoms. The molecule has 2 nitrogen and oxygen atoms in total. The van der Waals surface area contributed by atoms with Crippen LogP contribution in [0.25, 0.3) is 32.7 Å². The van der Waals surface area contributed by atoms with Gasteiger partial charge in [0.1, 0.15) is 0 Å². The second-order valence-electron chi connectivity index (χ2n) is 10.3. The van der Waals surface area contributed by atoms with Crippen molar-refractivity contribution in [3.8, 4) is 0 Å². The number of anilines is 4. The van der Waals surface area contributed by atoms with Gasteiger partial charge in [-0.3, -0.25) is 0 Å². The topological polar surface area (TPSA) is 6.48 Å². The predicted molar refractivity (Wildman–Crippen MR) is 162 cm³/mol. The monoisotopic (exact) mass is 486 g/mol. The zero-order valence-electron chi connectivity index (χ0n) is 21.4. The Balaban J connectivity index is 1.58. The first kappa shape index (κ1) is 21.3. The second kappa shape index (κ2) is 7.84. The maximum absolute atomic E-state index is 2.39. The number of rotatable bonds is 0.